The van der Waals surface area contributed by atoms with Crippen molar-refractivity contribution in [2.75, 3.05) is 11.5 Å². The molecule has 3 heteroatoms. The van der Waals surface area contributed by atoms with Crippen molar-refractivity contribution in [3.63, 3.8) is 0 Å². The lowest BCUT2D eigenvalue weighted by atomic mass is 9.87. The highest BCUT2D eigenvalue weighted by Crippen LogP contribution is 2.34. The largest absolute Gasteiger partial charge is 0.468 e. The zero-order valence-corrected chi connectivity index (χ0v) is 11.1. The summed E-state index contributed by atoms with van der Waals surface area (Å²) in [6.07, 6.45) is 3.00. The van der Waals surface area contributed by atoms with Crippen LogP contribution in [-0.2, 0) is 0 Å². The Labute approximate surface area is 102 Å². The summed E-state index contributed by atoms with van der Waals surface area (Å²) >= 11 is 2.06. The molecule has 1 aromatic heterocycles. The van der Waals surface area contributed by atoms with Gasteiger partial charge < -0.3 is 9.73 Å². The van der Waals surface area contributed by atoms with E-state index < -0.39 is 0 Å². The summed E-state index contributed by atoms with van der Waals surface area (Å²) in [6.45, 7) is 6.88. The van der Waals surface area contributed by atoms with Crippen LogP contribution in [0.2, 0.25) is 0 Å². The molecule has 1 N–H and O–H groups in total. The van der Waals surface area contributed by atoms with E-state index in [1.54, 1.807) is 6.26 Å². The van der Waals surface area contributed by atoms with Crippen molar-refractivity contribution in [1.29, 1.82) is 0 Å². The minimum Gasteiger partial charge on any atom is -0.468 e. The van der Waals surface area contributed by atoms with Crippen LogP contribution >= 0.6 is 11.8 Å². The molecule has 1 saturated heterocycles. The van der Waals surface area contributed by atoms with Crippen LogP contribution in [0.5, 0.6) is 0 Å². The quantitative estimate of drug-likeness (QED) is 0.874. The third-order valence-electron chi connectivity index (χ3n) is 3.07. The van der Waals surface area contributed by atoms with Gasteiger partial charge in [0.05, 0.1) is 12.3 Å². The first-order chi connectivity index (χ1) is 7.57. The SMILES string of the molecule is CC(NC1CSCC(C)(C)C1)c1ccco1. The van der Waals surface area contributed by atoms with Crippen molar-refractivity contribution in [3.05, 3.63) is 24.2 Å². The van der Waals surface area contributed by atoms with E-state index in [2.05, 4.69) is 37.8 Å². The van der Waals surface area contributed by atoms with Crippen LogP contribution in [0.25, 0.3) is 0 Å². The molecule has 0 spiro atoms. The zero-order chi connectivity index (χ0) is 11.6. The van der Waals surface area contributed by atoms with E-state index in [4.69, 9.17) is 4.42 Å². The molecule has 2 unspecified atom stereocenters. The second-order valence-electron chi connectivity index (χ2n) is 5.48. The third kappa shape index (κ3) is 3.05. The topological polar surface area (TPSA) is 25.2 Å². The van der Waals surface area contributed by atoms with Gasteiger partial charge in [-0.1, -0.05) is 13.8 Å². The molecule has 0 amide bonds. The van der Waals surface area contributed by atoms with Crippen LogP contribution in [0.4, 0.5) is 0 Å². The van der Waals surface area contributed by atoms with Crippen molar-refractivity contribution >= 4 is 11.8 Å². The summed E-state index contributed by atoms with van der Waals surface area (Å²) in [5, 5.41) is 3.66. The average Bonchev–Trinajstić information content (AvgIpc) is 2.68. The number of hydrogen-bond donors (Lipinski definition) is 1. The fourth-order valence-corrected chi connectivity index (χ4v) is 3.63. The molecule has 1 aliphatic rings. The summed E-state index contributed by atoms with van der Waals surface area (Å²) in [5.74, 6) is 3.53. The molecular weight excluding hydrogens is 218 g/mol. The number of furan rings is 1. The summed E-state index contributed by atoms with van der Waals surface area (Å²) in [7, 11) is 0. The van der Waals surface area contributed by atoms with Crippen LogP contribution in [0.1, 0.15) is 39.0 Å². The van der Waals surface area contributed by atoms with Gasteiger partial charge in [0.2, 0.25) is 0 Å². The maximum atomic E-state index is 5.42. The highest BCUT2D eigenvalue weighted by Gasteiger charge is 2.29. The van der Waals surface area contributed by atoms with Gasteiger partial charge >= 0.3 is 0 Å². The zero-order valence-electron chi connectivity index (χ0n) is 10.3. The molecule has 1 fully saturated rings. The Morgan fingerprint density at radius 3 is 3.00 bits per heavy atom. The molecule has 1 aromatic rings. The van der Waals surface area contributed by atoms with Gasteiger partial charge in [0.25, 0.3) is 0 Å². The monoisotopic (exact) mass is 239 g/mol. The molecule has 2 nitrogen and oxygen atoms in total. The Morgan fingerprint density at radius 1 is 1.56 bits per heavy atom. The molecule has 0 radical (unpaired) electrons. The second kappa shape index (κ2) is 4.84. The van der Waals surface area contributed by atoms with Gasteiger partial charge in [-0.2, -0.15) is 11.8 Å². The summed E-state index contributed by atoms with van der Waals surface area (Å²) < 4.78 is 5.42. The number of hydrogen-bond acceptors (Lipinski definition) is 3. The fraction of sp³-hybridized carbons (Fsp3) is 0.692. The maximum absolute atomic E-state index is 5.42. The first kappa shape index (κ1) is 12.1. The van der Waals surface area contributed by atoms with Gasteiger partial charge in [-0.05, 0) is 36.6 Å². The molecule has 2 atom stereocenters. The van der Waals surface area contributed by atoms with Gasteiger partial charge in [0, 0.05) is 11.8 Å². The highest BCUT2D eigenvalue weighted by atomic mass is 32.2. The molecule has 0 aliphatic carbocycles. The lowest BCUT2D eigenvalue weighted by molar-refractivity contribution is 0.294. The predicted molar refractivity (Wildman–Crippen MR) is 69.8 cm³/mol. The van der Waals surface area contributed by atoms with Crippen molar-refractivity contribution in [3.8, 4) is 0 Å². The molecule has 90 valence electrons. The molecule has 0 saturated carbocycles. The highest BCUT2D eigenvalue weighted by molar-refractivity contribution is 7.99. The van der Waals surface area contributed by atoms with Crippen LogP contribution < -0.4 is 5.32 Å². The van der Waals surface area contributed by atoms with Crippen molar-refractivity contribution in [2.45, 2.75) is 39.3 Å². The Kier molecular flexibility index (Phi) is 3.65. The Hall–Kier alpha value is -0.410. The first-order valence-corrected chi connectivity index (χ1v) is 7.09. The number of thioether (sulfide) groups is 1. The van der Waals surface area contributed by atoms with Gasteiger partial charge in [-0.15, -0.1) is 0 Å². The van der Waals surface area contributed by atoms with Crippen LogP contribution in [0.3, 0.4) is 0 Å². The number of nitrogens with one attached hydrogen (secondary N) is 1. The molecule has 2 rings (SSSR count). The van der Waals surface area contributed by atoms with Crippen LogP contribution in [0.15, 0.2) is 22.8 Å². The van der Waals surface area contributed by atoms with E-state index in [0.717, 1.165) is 5.76 Å². The standard InChI is InChI=1S/C13H21NOS/c1-10(12-5-4-6-15-12)14-11-7-13(2,3)9-16-8-11/h4-6,10-11,14H,7-9H2,1-3H3. The van der Waals surface area contributed by atoms with Gasteiger partial charge in [-0.3, -0.25) is 0 Å². The summed E-state index contributed by atoms with van der Waals surface area (Å²) in [4.78, 5) is 0. The van der Waals surface area contributed by atoms with Crippen molar-refractivity contribution < 1.29 is 4.42 Å². The molecule has 1 aliphatic heterocycles. The molecule has 0 aromatic carbocycles. The predicted octanol–water partition coefficient (Wildman–Crippen LogP) is 3.46. The van der Waals surface area contributed by atoms with Crippen molar-refractivity contribution in [1.82, 2.24) is 5.32 Å². The Bertz CT molecular complexity index is 321. The normalized spacial score (nSPS) is 26.6. The number of rotatable bonds is 3. The van der Waals surface area contributed by atoms with Gasteiger partial charge in [0.15, 0.2) is 0 Å². The minimum atomic E-state index is 0.314. The molecule has 16 heavy (non-hydrogen) atoms. The lowest BCUT2D eigenvalue weighted by Crippen LogP contribution is -2.41. The first-order valence-electron chi connectivity index (χ1n) is 5.94. The van der Waals surface area contributed by atoms with E-state index >= 15 is 0 Å². The van der Waals surface area contributed by atoms with E-state index in [1.807, 2.05) is 12.1 Å². The summed E-state index contributed by atoms with van der Waals surface area (Å²) in [6, 6.07) is 4.91. The van der Waals surface area contributed by atoms with E-state index in [0.29, 0.717) is 17.5 Å². The van der Waals surface area contributed by atoms with Gasteiger partial charge in [-0.25, -0.2) is 0 Å². The fourth-order valence-electron chi connectivity index (χ4n) is 2.34. The Morgan fingerprint density at radius 2 is 2.38 bits per heavy atom. The average molecular weight is 239 g/mol. The smallest absolute Gasteiger partial charge is 0.120 e. The van der Waals surface area contributed by atoms with Crippen LogP contribution in [-0.4, -0.2) is 17.5 Å². The summed E-state index contributed by atoms with van der Waals surface area (Å²) in [5.41, 5.74) is 0.462. The van der Waals surface area contributed by atoms with E-state index in [-0.39, 0.29) is 0 Å². The van der Waals surface area contributed by atoms with Crippen molar-refractivity contribution in [2.24, 2.45) is 5.41 Å². The molecular formula is C13H21NOS. The third-order valence-corrected chi connectivity index (χ3v) is 4.69. The molecule has 2 heterocycles. The molecule has 0 bridgehead atoms. The van der Waals surface area contributed by atoms with Gasteiger partial charge in [0.1, 0.15) is 5.76 Å². The minimum absolute atomic E-state index is 0.314. The second-order valence-corrected chi connectivity index (χ2v) is 6.51. The maximum Gasteiger partial charge on any atom is 0.120 e. The van der Waals surface area contributed by atoms with Crippen LogP contribution in [0, 0.1) is 5.41 Å². The van der Waals surface area contributed by atoms with E-state index in [9.17, 15) is 0 Å². The van der Waals surface area contributed by atoms with E-state index in [1.165, 1.54) is 17.9 Å². The Balaban J connectivity index is 1.90. The lowest BCUT2D eigenvalue weighted by Gasteiger charge is -2.36.